The van der Waals surface area contributed by atoms with Crippen LogP contribution in [0.4, 0.5) is 0 Å². The van der Waals surface area contributed by atoms with E-state index >= 15 is 0 Å². The Morgan fingerprint density at radius 3 is 1.04 bits per heavy atom. The van der Waals surface area contributed by atoms with Crippen molar-refractivity contribution in [3.63, 3.8) is 0 Å². The van der Waals surface area contributed by atoms with Crippen LogP contribution in [0.15, 0.2) is 0 Å². The summed E-state index contributed by atoms with van der Waals surface area (Å²) in [7, 11) is -6.06. The van der Waals surface area contributed by atoms with Crippen LogP contribution in [-0.2, 0) is 24.7 Å². The van der Waals surface area contributed by atoms with Gasteiger partial charge in [-0.05, 0) is 0 Å². The molecule has 0 aromatic carbocycles. The molecule has 28 heavy (non-hydrogen) atoms. The van der Waals surface area contributed by atoms with E-state index in [4.69, 9.17) is 94.3 Å². The predicted molar refractivity (Wildman–Crippen MR) is 134 cm³/mol. The first-order valence-electron chi connectivity index (χ1n) is 8.46. The van der Waals surface area contributed by atoms with Crippen LogP contribution < -0.4 is 0 Å². The fourth-order valence-corrected chi connectivity index (χ4v) is 18.9. The Labute approximate surface area is 210 Å². The van der Waals surface area contributed by atoms with E-state index in [0.29, 0.717) is 0 Å². The van der Waals surface area contributed by atoms with Gasteiger partial charge in [0.2, 0.25) is 0 Å². The maximum atomic E-state index is 5.88. The minimum Gasteiger partial charge on any atom is -0.425 e. The summed E-state index contributed by atoms with van der Waals surface area (Å²) in [6.45, 7) is 6.44. The summed E-state index contributed by atoms with van der Waals surface area (Å²) in [6.07, 6.45) is 0. The highest BCUT2D eigenvalue weighted by Gasteiger charge is 2.46. The Balaban J connectivity index is 0.000000292. The van der Waals surface area contributed by atoms with Gasteiger partial charge in [0.05, 0.1) is 32.3 Å². The molecule has 0 bridgehead atoms. The molecule has 1 saturated heterocycles. The number of rotatable bonds is 0. The molecule has 0 radical (unpaired) electrons. The fourth-order valence-electron chi connectivity index (χ4n) is 2.13. The Morgan fingerprint density at radius 2 is 0.786 bits per heavy atom. The van der Waals surface area contributed by atoms with Crippen molar-refractivity contribution in [3.05, 3.63) is 0 Å². The normalized spacial score (nSPS) is 43.4. The summed E-state index contributed by atoms with van der Waals surface area (Å²) in [6, 6.07) is 0. The highest BCUT2D eigenvalue weighted by atomic mass is 35.5. The highest BCUT2D eigenvalue weighted by Crippen LogP contribution is 2.39. The molecule has 1 heterocycles. The van der Waals surface area contributed by atoms with Crippen LogP contribution in [0.2, 0.25) is 5.04 Å². The molecule has 168 valence electrons. The number of halogens is 6. The summed E-state index contributed by atoms with van der Waals surface area (Å²) < 4.78 is 33.3. The van der Waals surface area contributed by atoms with Crippen LogP contribution in [0.1, 0.15) is 20.8 Å². The lowest BCUT2D eigenvalue weighted by molar-refractivity contribution is 0.317. The maximum Gasteiger partial charge on any atom is 0.308 e. The van der Waals surface area contributed by atoms with Gasteiger partial charge in [-0.1, -0.05) is 20.8 Å². The van der Waals surface area contributed by atoms with E-state index in [1.54, 1.807) is 0 Å². The maximum absolute atomic E-state index is 5.88. The third-order valence-corrected chi connectivity index (χ3v) is 17.9. The average Bonchev–Trinajstić information content (AvgIpc) is 2.63. The van der Waals surface area contributed by atoms with Crippen molar-refractivity contribution < 1.29 is 24.7 Å². The van der Waals surface area contributed by atoms with Gasteiger partial charge in [-0.3, -0.25) is 0 Å². The third-order valence-electron chi connectivity index (χ3n) is 3.64. The molecular formula is C10H26Cl6O6Si6. The van der Waals surface area contributed by atoms with Crippen LogP contribution in [0, 0.1) is 0 Å². The molecule has 0 spiro atoms. The molecule has 2 rings (SSSR count). The third kappa shape index (κ3) is 10.2. The van der Waals surface area contributed by atoms with E-state index in [1.807, 2.05) is 0 Å². The molecule has 6 nitrogen and oxygen atoms in total. The van der Waals surface area contributed by atoms with Gasteiger partial charge in [0, 0.05) is 5.04 Å². The smallest absolute Gasteiger partial charge is 0.308 e. The first-order chi connectivity index (χ1) is 13.1. The summed E-state index contributed by atoms with van der Waals surface area (Å²) in [5, 5.41) is -2.53. The topological polar surface area (TPSA) is 55.4 Å². The lowest BCUT2D eigenvalue weighted by Gasteiger charge is -2.37. The zero-order valence-electron chi connectivity index (χ0n) is 15.8. The summed E-state index contributed by atoms with van der Waals surface area (Å²) in [5.41, 5.74) is 0. The zero-order chi connectivity index (χ0) is 21.3. The molecule has 18 heteroatoms. The van der Waals surface area contributed by atoms with Crippen LogP contribution in [0.5, 0.6) is 0 Å². The van der Waals surface area contributed by atoms with Gasteiger partial charge in [-0.25, -0.2) is 0 Å². The number of hydrogen-bond acceptors (Lipinski definition) is 6. The van der Waals surface area contributed by atoms with E-state index in [2.05, 4.69) is 20.8 Å². The van der Waals surface area contributed by atoms with E-state index in [-0.39, 0.29) is 5.04 Å². The van der Waals surface area contributed by atoms with Crippen molar-refractivity contribution in [2.75, 3.05) is 0 Å². The van der Waals surface area contributed by atoms with Gasteiger partial charge in [-0.2, -0.15) is 0 Å². The molecule has 2 fully saturated rings. The van der Waals surface area contributed by atoms with Crippen LogP contribution in [0.25, 0.3) is 0 Å². The van der Waals surface area contributed by atoms with Crippen LogP contribution in [0.3, 0.4) is 0 Å². The second-order valence-corrected chi connectivity index (χ2v) is 22.9. The second-order valence-electron chi connectivity index (χ2n) is 7.10. The lowest BCUT2D eigenvalue weighted by Crippen LogP contribution is -2.52. The van der Waals surface area contributed by atoms with E-state index in [9.17, 15) is 0 Å². The molecular weight excluding hydrogens is 597 g/mol. The van der Waals surface area contributed by atoms with E-state index in [1.165, 1.54) is 0 Å². The molecule has 2 aliphatic rings. The minimum atomic E-state index is -1.65. The van der Waals surface area contributed by atoms with Crippen molar-refractivity contribution in [2.45, 2.75) is 58.1 Å². The molecule has 0 unspecified atom stereocenters. The minimum absolute atomic E-state index is 0.0937. The van der Waals surface area contributed by atoms with Crippen molar-refractivity contribution in [2.24, 2.45) is 0 Å². The Hall–Kier alpha value is 2.80. The van der Waals surface area contributed by atoms with Crippen LogP contribution in [-0.4, -0.2) is 91.6 Å². The van der Waals surface area contributed by atoms with E-state index < -0.39 is 91.6 Å². The van der Waals surface area contributed by atoms with Crippen molar-refractivity contribution in [1.29, 1.82) is 0 Å². The summed E-state index contributed by atoms with van der Waals surface area (Å²) >= 11 is 35.3. The standard InChI is InChI=1S/C6H6Cl6.C4H20O6Si6/c7-1-2(8)4(10)6(12)5(11)3(1)9;1-4(2,3)16-9-14-7-12-5-11-6-13-8-15-10-16/h1-6H;16H,11-15H2,1-3H3/t1-,2-,3-,4+,5+,6+;. The van der Waals surface area contributed by atoms with Crippen molar-refractivity contribution >= 4 is 129 Å². The Kier molecular flexibility index (Phi) is 15.3. The summed E-state index contributed by atoms with van der Waals surface area (Å²) in [4.78, 5) is 0. The monoisotopic (exact) mass is 620 g/mol. The molecule has 0 atom stereocenters. The largest absolute Gasteiger partial charge is 0.425 e. The molecule has 0 aromatic heterocycles. The second kappa shape index (κ2) is 14.8. The van der Waals surface area contributed by atoms with Gasteiger partial charge >= 0.3 is 9.28 Å². The molecule has 1 aliphatic carbocycles. The van der Waals surface area contributed by atoms with Gasteiger partial charge < -0.3 is 24.7 Å². The Morgan fingerprint density at radius 1 is 0.536 bits per heavy atom. The lowest BCUT2D eigenvalue weighted by atomic mass is 9.97. The SMILES string of the molecule is CC(C)(C)[SiH]1O[SiH2]O[SiH2]O[SiH2]O[SiH2]O[SiH2]O1.Cl[C@H]1[C@H](Cl)[C@@H](Cl)[C@@H](Cl)[C@H](Cl)[C@H]1Cl. The number of hydrogen-bond donors (Lipinski definition) is 0. The molecule has 0 amide bonds. The first-order valence-corrected chi connectivity index (χ1v) is 18.4. The molecule has 0 N–H and O–H groups in total. The van der Waals surface area contributed by atoms with Gasteiger partial charge in [0.15, 0.2) is 0 Å². The Bertz CT molecular complexity index is 374. The zero-order valence-corrected chi connectivity index (χ0v) is 28.6. The van der Waals surface area contributed by atoms with Gasteiger partial charge in [-0.15, -0.1) is 69.6 Å². The predicted octanol–water partition coefficient (Wildman–Crippen LogP) is -0.241. The van der Waals surface area contributed by atoms with Gasteiger partial charge in [0.1, 0.15) is 0 Å². The first kappa shape index (κ1) is 28.8. The number of alkyl halides is 6. The molecule has 1 saturated carbocycles. The van der Waals surface area contributed by atoms with Gasteiger partial charge in [0.25, 0.3) is 50.0 Å². The van der Waals surface area contributed by atoms with Crippen molar-refractivity contribution in [3.8, 4) is 0 Å². The van der Waals surface area contributed by atoms with Crippen LogP contribution >= 0.6 is 69.6 Å². The quantitative estimate of drug-likeness (QED) is 0.275. The van der Waals surface area contributed by atoms with Crippen molar-refractivity contribution in [1.82, 2.24) is 0 Å². The highest BCUT2D eigenvalue weighted by molar-refractivity contribution is 6.61. The fraction of sp³-hybridized carbons (Fsp3) is 1.00. The molecule has 1 aliphatic heterocycles. The van der Waals surface area contributed by atoms with E-state index in [0.717, 1.165) is 0 Å². The summed E-state index contributed by atoms with van der Waals surface area (Å²) in [5.74, 6) is 0. The average molecular weight is 624 g/mol. The molecule has 0 aromatic rings.